The number of hydrogen-bond acceptors (Lipinski definition) is 5. The minimum atomic E-state index is 0.0976. The summed E-state index contributed by atoms with van der Waals surface area (Å²) in [6, 6.07) is 3.25. The predicted octanol–water partition coefficient (Wildman–Crippen LogP) is 2.31. The highest BCUT2D eigenvalue weighted by Crippen LogP contribution is 2.40. The number of rotatable bonds is 7. The lowest BCUT2D eigenvalue weighted by molar-refractivity contribution is 0.0422. The molecule has 5 nitrogen and oxygen atoms in total. The first-order chi connectivity index (χ1) is 8.22. The van der Waals surface area contributed by atoms with Crippen LogP contribution in [0.4, 0.5) is 0 Å². The Kier molecular flexibility index (Phi) is 5.90. The summed E-state index contributed by atoms with van der Waals surface area (Å²) in [6.45, 7) is 0.195. The number of benzene rings is 1. The zero-order chi connectivity index (χ0) is 12.7. The van der Waals surface area contributed by atoms with Crippen LogP contribution in [0.5, 0.6) is 17.2 Å². The molecule has 0 aliphatic carbocycles. The molecule has 1 rings (SSSR count). The number of methoxy groups -OCH3 is 3. The van der Waals surface area contributed by atoms with Gasteiger partial charge < -0.3 is 23.7 Å². The fourth-order valence-electron chi connectivity index (χ4n) is 1.21. The summed E-state index contributed by atoms with van der Waals surface area (Å²) in [4.78, 5) is 0. The Morgan fingerprint density at radius 3 is 1.76 bits per heavy atom. The van der Waals surface area contributed by atoms with Crippen molar-refractivity contribution >= 4 is 11.6 Å². The molecule has 17 heavy (non-hydrogen) atoms. The molecule has 0 atom stereocenters. The molecule has 1 aromatic carbocycles. The molecule has 0 radical (unpaired) electrons. The van der Waals surface area contributed by atoms with Crippen molar-refractivity contribution in [3.8, 4) is 17.2 Å². The summed E-state index contributed by atoms with van der Waals surface area (Å²) in [6.07, 6.45) is 0. The van der Waals surface area contributed by atoms with Gasteiger partial charge in [0.1, 0.15) is 0 Å². The largest absolute Gasteiger partial charge is 0.490 e. The van der Waals surface area contributed by atoms with Crippen molar-refractivity contribution in [2.75, 3.05) is 34.9 Å². The molecule has 0 saturated heterocycles. The summed E-state index contributed by atoms with van der Waals surface area (Å²) >= 11 is 5.94. The summed E-state index contributed by atoms with van der Waals surface area (Å²) in [5.41, 5.74) is 0. The average Bonchev–Trinajstić information content (AvgIpc) is 2.33. The van der Waals surface area contributed by atoms with Crippen molar-refractivity contribution in [1.29, 1.82) is 0 Å². The van der Waals surface area contributed by atoms with Gasteiger partial charge in [-0.1, -0.05) is 11.6 Å². The molecule has 0 heterocycles. The van der Waals surface area contributed by atoms with E-state index in [4.69, 9.17) is 35.3 Å². The average molecular weight is 263 g/mol. The van der Waals surface area contributed by atoms with E-state index in [-0.39, 0.29) is 13.6 Å². The van der Waals surface area contributed by atoms with Crippen LogP contribution in [0.3, 0.4) is 0 Å². The summed E-state index contributed by atoms with van der Waals surface area (Å²) < 4.78 is 25.5. The molecule has 0 amide bonds. The molecular formula is C11H15ClO5. The monoisotopic (exact) mass is 262 g/mol. The van der Waals surface area contributed by atoms with Crippen LogP contribution in [0.15, 0.2) is 12.1 Å². The molecule has 0 aliphatic heterocycles. The van der Waals surface area contributed by atoms with Gasteiger partial charge in [0.15, 0.2) is 25.1 Å². The zero-order valence-corrected chi connectivity index (χ0v) is 10.7. The first kappa shape index (κ1) is 13.9. The lowest BCUT2D eigenvalue weighted by Gasteiger charge is -2.14. The van der Waals surface area contributed by atoms with Gasteiger partial charge in [-0.25, -0.2) is 0 Å². The Morgan fingerprint density at radius 1 is 0.941 bits per heavy atom. The van der Waals surface area contributed by atoms with E-state index in [9.17, 15) is 0 Å². The molecule has 0 bridgehead atoms. The summed E-state index contributed by atoms with van der Waals surface area (Å²) in [5.74, 6) is 1.35. The highest BCUT2D eigenvalue weighted by Gasteiger charge is 2.14. The van der Waals surface area contributed by atoms with Gasteiger partial charge in [0.25, 0.3) is 0 Å². The van der Waals surface area contributed by atoms with Gasteiger partial charge in [0.05, 0.1) is 7.11 Å². The Morgan fingerprint density at radius 2 is 1.41 bits per heavy atom. The molecular weight excluding hydrogens is 248 g/mol. The van der Waals surface area contributed by atoms with Crippen LogP contribution in [0.2, 0.25) is 5.02 Å². The van der Waals surface area contributed by atoms with Crippen molar-refractivity contribution < 1.29 is 23.7 Å². The topological polar surface area (TPSA) is 46.2 Å². The number of ether oxygens (including phenoxy) is 5. The second kappa shape index (κ2) is 7.21. The van der Waals surface area contributed by atoms with E-state index in [0.717, 1.165) is 0 Å². The lowest BCUT2D eigenvalue weighted by atomic mass is 10.3. The first-order valence-corrected chi connectivity index (χ1v) is 5.21. The third-order valence-electron chi connectivity index (χ3n) is 1.85. The van der Waals surface area contributed by atoms with E-state index in [2.05, 4.69) is 0 Å². The quantitative estimate of drug-likeness (QED) is 0.706. The Labute approximate surface area is 105 Å². The van der Waals surface area contributed by atoms with Crippen molar-refractivity contribution in [2.24, 2.45) is 0 Å². The molecule has 1 aromatic rings. The Balaban J connectivity index is 2.97. The Bertz CT molecular complexity index is 327. The second-order valence-electron chi connectivity index (χ2n) is 3.04. The van der Waals surface area contributed by atoms with Crippen LogP contribution in [-0.2, 0) is 9.47 Å². The van der Waals surface area contributed by atoms with E-state index in [1.165, 1.54) is 21.3 Å². The van der Waals surface area contributed by atoms with Gasteiger partial charge in [0.2, 0.25) is 5.75 Å². The van der Waals surface area contributed by atoms with Crippen molar-refractivity contribution in [1.82, 2.24) is 0 Å². The van der Waals surface area contributed by atoms with E-state index in [0.29, 0.717) is 22.3 Å². The van der Waals surface area contributed by atoms with Crippen molar-refractivity contribution in [2.45, 2.75) is 0 Å². The third kappa shape index (κ3) is 3.96. The molecule has 0 spiro atoms. The van der Waals surface area contributed by atoms with E-state index in [1.807, 2.05) is 0 Å². The fraction of sp³-hybridized carbons (Fsp3) is 0.455. The smallest absolute Gasteiger partial charge is 0.203 e. The summed E-state index contributed by atoms with van der Waals surface area (Å²) in [7, 11) is 4.57. The van der Waals surface area contributed by atoms with Gasteiger partial charge in [-0.15, -0.1) is 0 Å². The third-order valence-corrected chi connectivity index (χ3v) is 2.07. The standard InChI is InChI=1S/C11H15ClO5/c1-13-6-16-9-4-8(12)5-10(11(9)15-3)17-7-14-2/h4-5H,6-7H2,1-3H3. The zero-order valence-electron chi connectivity index (χ0n) is 9.99. The molecule has 96 valence electrons. The molecule has 0 aromatic heterocycles. The molecule has 0 N–H and O–H groups in total. The van der Waals surface area contributed by atoms with Crippen LogP contribution in [0, 0.1) is 0 Å². The van der Waals surface area contributed by atoms with Gasteiger partial charge in [-0.05, 0) is 0 Å². The highest BCUT2D eigenvalue weighted by molar-refractivity contribution is 6.31. The second-order valence-corrected chi connectivity index (χ2v) is 3.47. The van der Waals surface area contributed by atoms with Gasteiger partial charge >= 0.3 is 0 Å². The SMILES string of the molecule is COCOc1cc(Cl)cc(OCOC)c1OC. The van der Waals surface area contributed by atoms with Crippen molar-refractivity contribution in [3.63, 3.8) is 0 Å². The maximum atomic E-state index is 5.94. The first-order valence-electron chi connectivity index (χ1n) is 4.84. The lowest BCUT2D eigenvalue weighted by Crippen LogP contribution is -2.04. The molecule has 0 unspecified atom stereocenters. The fourth-order valence-corrected chi connectivity index (χ4v) is 1.40. The van der Waals surface area contributed by atoms with E-state index < -0.39 is 0 Å². The van der Waals surface area contributed by atoms with Crippen LogP contribution in [0.1, 0.15) is 0 Å². The van der Waals surface area contributed by atoms with Crippen LogP contribution < -0.4 is 14.2 Å². The number of halogens is 1. The molecule has 0 saturated carbocycles. The maximum Gasteiger partial charge on any atom is 0.203 e. The van der Waals surface area contributed by atoms with Crippen LogP contribution in [0.25, 0.3) is 0 Å². The van der Waals surface area contributed by atoms with Crippen molar-refractivity contribution in [3.05, 3.63) is 17.2 Å². The minimum Gasteiger partial charge on any atom is -0.490 e. The van der Waals surface area contributed by atoms with Crippen LogP contribution in [-0.4, -0.2) is 34.9 Å². The van der Waals surface area contributed by atoms with Gasteiger partial charge in [-0.3, -0.25) is 0 Å². The Hall–Kier alpha value is -1.17. The molecule has 0 fully saturated rings. The normalized spacial score (nSPS) is 10.1. The highest BCUT2D eigenvalue weighted by atomic mass is 35.5. The summed E-state index contributed by atoms with van der Waals surface area (Å²) in [5, 5.41) is 0.475. The van der Waals surface area contributed by atoms with E-state index in [1.54, 1.807) is 12.1 Å². The molecule has 0 aliphatic rings. The van der Waals surface area contributed by atoms with Gasteiger partial charge in [-0.2, -0.15) is 0 Å². The van der Waals surface area contributed by atoms with Gasteiger partial charge in [0, 0.05) is 31.4 Å². The van der Waals surface area contributed by atoms with E-state index >= 15 is 0 Å². The predicted molar refractivity (Wildman–Crippen MR) is 63.0 cm³/mol. The maximum absolute atomic E-state index is 5.94. The number of hydrogen-bond donors (Lipinski definition) is 0. The molecule has 6 heteroatoms. The van der Waals surface area contributed by atoms with Crippen LogP contribution >= 0.6 is 11.6 Å². The minimum absolute atomic E-state index is 0.0976.